The lowest BCUT2D eigenvalue weighted by Gasteiger charge is -2.05. The molecule has 1 N–H and O–H groups in total. The molecule has 1 aliphatic rings. The largest absolute Gasteiger partial charge is 0.481 e. The molecule has 3 rings (SSSR count). The molecule has 1 aromatic heterocycles. The Morgan fingerprint density at radius 2 is 2.10 bits per heavy atom. The zero-order valence-electron chi connectivity index (χ0n) is 10.4. The second-order valence-electron chi connectivity index (χ2n) is 4.72. The highest BCUT2D eigenvalue weighted by Gasteiger charge is 2.32. The minimum atomic E-state index is -0.795. The summed E-state index contributed by atoms with van der Waals surface area (Å²) in [5.41, 5.74) is 1.57. The predicted octanol–water partition coefficient (Wildman–Crippen LogP) is 4.16. The van der Waals surface area contributed by atoms with Gasteiger partial charge in [0, 0.05) is 21.3 Å². The van der Waals surface area contributed by atoms with Crippen LogP contribution in [-0.4, -0.2) is 16.1 Å². The van der Waals surface area contributed by atoms with Crippen LogP contribution in [-0.2, 0) is 17.6 Å². The van der Waals surface area contributed by atoms with Gasteiger partial charge in [0.2, 0.25) is 0 Å². The van der Waals surface area contributed by atoms with Crippen molar-refractivity contribution < 1.29 is 9.90 Å². The van der Waals surface area contributed by atoms with Crippen molar-refractivity contribution in [3.63, 3.8) is 0 Å². The number of carboxylic acid groups (broad SMARTS) is 1. The van der Waals surface area contributed by atoms with Crippen LogP contribution in [0.3, 0.4) is 0 Å². The lowest BCUT2D eigenvalue weighted by Crippen LogP contribution is -2.08. The quantitative estimate of drug-likeness (QED) is 0.921. The molecule has 1 aliphatic carbocycles. The van der Waals surface area contributed by atoms with Crippen molar-refractivity contribution in [2.24, 2.45) is 0 Å². The molecule has 0 bridgehead atoms. The molecule has 0 amide bonds. The van der Waals surface area contributed by atoms with Gasteiger partial charge in [-0.1, -0.05) is 29.3 Å². The third kappa shape index (κ3) is 2.43. The molecule has 0 saturated carbocycles. The number of aromatic nitrogens is 1. The Bertz CT molecular complexity index is 664. The van der Waals surface area contributed by atoms with Crippen molar-refractivity contribution in [1.82, 2.24) is 4.98 Å². The first-order valence-corrected chi connectivity index (χ1v) is 7.77. The summed E-state index contributed by atoms with van der Waals surface area (Å²) < 4.78 is 0. The molecule has 3 nitrogen and oxygen atoms in total. The van der Waals surface area contributed by atoms with Crippen molar-refractivity contribution in [3.05, 3.63) is 49.4 Å². The predicted molar refractivity (Wildman–Crippen MR) is 80.1 cm³/mol. The molecule has 1 heterocycles. The fourth-order valence-corrected chi connectivity index (χ4v) is 4.13. The van der Waals surface area contributed by atoms with Crippen LogP contribution in [0.15, 0.2) is 18.2 Å². The van der Waals surface area contributed by atoms with Gasteiger partial charge in [0.1, 0.15) is 5.92 Å². The van der Waals surface area contributed by atoms with Crippen LogP contribution in [0.25, 0.3) is 0 Å². The average Bonchev–Trinajstić information content (AvgIpc) is 2.92. The summed E-state index contributed by atoms with van der Waals surface area (Å²) in [6.45, 7) is 0. The van der Waals surface area contributed by atoms with Crippen molar-refractivity contribution in [1.29, 1.82) is 0 Å². The van der Waals surface area contributed by atoms with Crippen LogP contribution in [0, 0.1) is 0 Å². The number of rotatable bonds is 3. The molecule has 0 radical (unpaired) electrons. The van der Waals surface area contributed by atoms with E-state index in [1.54, 1.807) is 29.5 Å². The minimum absolute atomic E-state index is 0.461. The summed E-state index contributed by atoms with van der Waals surface area (Å²) in [6.07, 6.45) is 1.99. The first-order chi connectivity index (χ1) is 9.56. The second-order valence-corrected chi connectivity index (χ2v) is 6.71. The van der Waals surface area contributed by atoms with Crippen molar-refractivity contribution in [3.8, 4) is 0 Å². The number of carbonyl (C=O) groups is 1. The van der Waals surface area contributed by atoms with E-state index in [2.05, 4.69) is 4.98 Å². The van der Waals surface area contributed by atoms with Crippen molar-refractivity contribution in [2.45, 2.75) is 25.2 Å². The number of hydrogen-bond donors (Lipinski definition) is 1. The lowest BCUT2D eigenvalue weighted by atomic mass is 10.1. The number of aryl methyl sites for hydroxylation is 1. The fourth-order valence-electron chi connectivity index (χ4n) is 2.45. The zero-order valence-corrected chi connectivity index (χ0v) is 12.7. The summed E-state index contributed by atoms with van der Waals surface area (Å²) in [4.78, 5) is 16.7. The third-order valence-electron chi connectivity index (χ3n) is 3.45. The van der Waals surface area contributed by atoms with Gasteiger partial charge in [0.15, 0.2) is 0 Å². The van der Waals surface area contributed by atoms with Crippen molar-refractivity contribution in [2.75, 3.05) is 0 Å². The molecule has 0 fully saturated rings. The number of thiazole rings is 1. The van der Waals surface area contributed by atoms with Crippen molar-refractivity contribution >= 4 is 40.5 Å². The van der Waals surface area contributed by atoms with E-state index in [0.717, 1.165) is 27.6 Å². The van der Waals surface area contributed by atoms with E-state index >= 15 is 0 Å². The molecule has 0 spiro atoms. The monoisotopic (exact) mass is 327 g/mol. The van der Waals surface area contributed by atoms with Gasteiger partial charge in [-0.3, -0.25) is 4.79 Å². The van der Waals surface area contributed by atoms with E-state index in [1.807, 2.05) is 0 Å². The van der Waals surface area contributed by atoms with Crippen LogP contribution in [0.5, 0.6) is 0 Å². The molecular formula is C14H11Cl2NO2S. The first-order valence-electron chi connectivity index (χ1n) is 6.20. The maximum absolute atomic E-state index is 11.2. The van der Waals surface area contributed by atoms with Gasteiger partial charge in [-0.05, 0) is 30.5 Å². The van der Waals surface area contributed by atoms with Gasteiger partial charge in [0.05, 0.1) is 10.7 Å². The molecule has 1 unspecified atom stereocenters. The molecule has 2 aromatic rings. The second kappa shape index (κ2) is 5.35. The summed E-state index contributed by atoms with van der Waals surface area (Å²) in [7, 11) is 0. The lowest BCUT2D eigenvalue weighted by molar-refractivity contribution is -0.138. The third-order valence-corrected chi connectivity index (χ3v) is 5.29. The Kier molecular flexibility index (Phi) is 3.71. The SMILES string of the molecule is O=C(O)C1CCc2sc(Cc3c(Cl)cccc3Cl)nc21. The molecular weight excluding hydrogens is 317 g/mol. The number of aliphatic carboxylic acids is 1. The van der Waals surface area contributed by atoms with E-state index in [-0.39, 0.29) is 0 Å². The van der Waals surface area contributed by atoms with Gasteiger partial charge in [-0.25, -0.2) is 4.98 Å². The number of benzene rings is 1. The highest BCUT2D eigenvalue weighted by Crippen LogP contribution is 2.38. The van der Waals surface area contributed by atoms with Crippen LogP contribution in [0.2, 0.25) is 10.0 Å². The zero-order chi connectivity index (χ0) is 14.3. The van der Waals surface area contributed by atoms with Gasteiger partial charge < -0.3 is 5.11 Å². The Morgan fingerprint density at radius 3 is 2.75 bits per heavy atom. The van der Waals surface area contributed by atoms with E-state index in [9.17, 15) is 4.79 Å². The van der Waals surface area contributed by atoms with Crippen LogP contribution < -0.4 is 0 Å². The topological polar surface area (TPSA) is 50.2 Å². The normalized spacial score (nSPS) is 17.2. The average molecular weight is 328 g/mol. The van der Waals surface area contributed by atoms with E-state index in [0.29, 0.717) is 22.9 Å². The fraction of sp³-hybridized carbons (Fsp3) is 0.286. The minimum Gasteiger partial charge on any atom is -0.481 e. The number of fused-ring (bicyclic) bond motifs is 1. The van der Waals surface area contributed by atoms with E-state index in [1.165, 1.54) is 0 Å². The summed E-state index contributed by atoms with van der Waals surface area (Å²) >= 11 is 13.9. The maximum atomic E-state index is 11.2. The Balaban J connectivity index is 1.91. The highest BCUT2D eigenvalue weighted by atomic mass is 35.5. The van der Waals surface area contributed by atoms with Crippen LogP contribution in [0.4, 0.5) is 0 Å². The molecule has 0 saturated heterocycles. The number of carboxylic acids is 1. The van der Waals surface area contributed by atoms with Gasteiger partial charge in [-0.2, -0.15) is 0 Å². The summed E-state index contributed by atoms with van der Waals surface area (Å²) in [5, 5.41) is 11.3. The Morgan fingerprint density at radius 1 is 1.40 bits per heavy atom. The van der Waals surface area contributed by atoms with Gasteiger partial charge in [-0.15, -0.1) is 11.3 Å². The maximum Gasteiger partial charge on any atom is 0.312 e. The number of nitrogens with zero attached hydrogens (tertiary/aromatic N) is 1. The standard InChI is InChI=1S/C14H11Cl2NO2S/c15-9-2-1-3-10(16)8(9)6-12-17-13-7(14(18)19)4-5-11(13)20-12/h1-3,7H,4-6H2,(H,18,19). The van der Waals surface area contributed by atoms with E-state index < -0.39 is 11.9 Å². The molecule has 1 atom stereocenters. The molecule has 6 heteroatoms. The van der Waals surface area contributed by atoms with Crippen LogP contribution >= 0.6 is 34.5 Å². The molecule has 20 heavy (non-hydrogen) atoms. The van der Waals surface area contributed by atoms with Gasteiger partial charge in [0.25, 0.3) is 0 Å². The summed E-state index contributed by atoms with van der Waals surface area (Å²) in [6, 6.07) is 5.39. The summed E-state index contributed by atoms with van der Waals surface area (Å²) in [5.74, 6) is -1.26. The Labute approximate surface area is 130 Å². The van der Waals surface area contributed by atoms with Crippen LogP contribution in [0.1, 0.15) is 33.5 Å². The number of halogens is 2. The smallest absolute Gasteiger partial charge is 0.312 e. The van der Waals surface area contributed by atoms with Gasteiger partial charge >= 0.3 is 5.97 Å². The Hall–Kier alpha value is -1.10. The molecule has 0 aliphatic heterocycles. The highest BCUT2D eigenvalue weighted by molar-refractivity contribution is 7.11. The number of hydrogen-bond acceptors (Lipinski definition) is 3. The first kappa shape index (κ1) is 13.9. The molecule has 1 aromatic carbocycles. The van der Waals surface area contributed by atoms with E-state index in [4.69, 9.17) is 28.3 Å². The molecule has 104 valence electrons.